The lowest BCUT2D eigenvalue weighted by Gasteiger charge is -2.38. The van der Waals surface area contributed by atoms with E-state index in [1.54, 1.807) is 24.1 Å². The quantitative estimate of drug-likeness (QED) is 0.324. The van der Waals surface area contributed by atoms with Crippen LogP contribution in [-0.2, 0) is 29.1 Å². The maximum atomic E-state index is 13.3. The number of hydrogen-bond donors (Lipinski definition) is 4. The fourth-order valence-corrected chi connectivity index (χ4v) is 6.52. The van der Waals surface area contributed by atoms with Gasteiger partial charge >= 0.3 is 17.8 Å². The first-order valence-corrected chi connectivity index (χ1v) is 12.9. The molecule has 0 saturated carbocycles. The first-order chi connectivity index (χ1) is 18.7. The molecule has 39 heavy (non-hydrogen) atoms. The van der Waals surface area contributed by atoms with Crippen molar-refractivity contribution in [1.82, 2.24) is 9.80 Å². The number of nitrogens with one attached hydrogen (secondary N) is 1. The van der Waals surface area contributed by atoms with Crippen LogP contribution in [0.25, 0.3) is 0 Å². The van der Waals surface area contributed by atoms with Crippen LogP contribution in [0.2, 0.25) is 0 Å². The van der Waals surface area contributed by atoms with Gasteiger partial charge in [-0.2, -0.15) is 0 Å². The molecule has 3 aromatic rings. The van der Waals surface area contributed by atoms with Crippen molar-refractivity contribution in [3.63, 3.8) is 0 Å². The average Bonchev–Trinajstić information content (AvgIpc) is 3.43. The van der Waals surface area contributed by atoms with E-state index in [2.05, 4.69) is 10.2 Å². The van der Waals surface area contributed by atoms with Crippen molar-refractivity contribution >= 4 is 40.1 Å². The molecule has 1 aromatic heterocycles. The molecule has 2 aliphatic heterocycles. The van der Waals surface area contributed by atoms with E-state index in [9.17, 15) is 29.4 Å². The van der Waals surface area contributed by atoms with Gasteiger partial charge in [-0.1, -0.05) is 24.3 Å². The van der Waals surface area contributed by atoms with Gasteiger partial charge < -0.3 is 30.3 Å². The molecule has 11 nitrogen and oxygen atoms in total. The summed E-state index contributed by atoms with van der Waals surface area (Å²) >= 11 is 1.01. The highest BCUT2D eigenvalue weighted by Gasteiger charge is 2.39. The molecule has 12 heteroatoms. The molecular weight excluding hydrogens is 526 g/mol. The molecular formula is C27H25N3O8S. The van der Waals surface area contributed by atoms with Crippen LogP contribution < -0.4 is 10.1 Å². The number of phenolic OH excluding ortho intramolecular Hbond substituents is 1. The van der Waals surface area contributed by atoms with E-state index in [-0.39, 0.29) is 40.9 Å². The highest BCUT2D eigenvalue weighted by Crippen LogP contribution is 2.44. The standard InChI is InChI=1S/C27H25N3O8S/c1-38-16-7-5-14(6-8-16)11-29-10-9-17-21(26(34)35)24(28-23(32)27(36)37)39-22(17)18(29)13-30-12-15-3-2-4-19(31)20(15)25(30)33/h2-8,18,31H,9-13H2,1H3,(H,28,32)(H,34,35)(H,36,37). The lowest BCUT2D eigenvalue weighted by molar-refractivity contribution is -0.147. The van der Waals surface area contributed by atoms with Gasteiger partial charge in [0.15, 0.2) is 0 Å². The molecule has 3 heterocycles. The van der Waals surface area contributed by atoms with Crippen LogP contribution in [-0.4, -0.2) is 69.1 Å². The van der Waals surface area contributed by atoms with Gasteiger partial charge in [0, 0.05) is 31.1 Å². The number of aliphatic carboxylic acids is 1. The number of amides is 2. The summed E-state index contributed by atoms with van der Waals surface area (Å²) < 4.78 is 5.25. The van der Waals surface area contributed by atoms with Crippen molar-refractivity contribution < 1.29 is 39.2 Å². The van der Waals surface area contributed by atoms with Crippen LogP contribution in [0.1, 0.15) is 48.3 Å². The highest BCUT2D eigenvalue weighted by molar-refractivity contribution is 7.17. The Balaban J connectivity index is 1.53. The minimum Gasteiger partial charge on any atom is -0.507 e. The van der Waals surface area contributed by atoms with Gasteiger partial charge in [0.1, 0.15) is 16.5 Å². The number of hydrogen-bond acceptors (Lipinski definition) is 8. The van der Waals surface area contributed by atoms with Crippen LogP contribution in [0.3, 0.4) is 0 Å². The lowest BCUT2D eigenvalue weighted by atomic mass is 9.96. The molecule has 5 rings (SSSR count). The van der Waals surface area contributed by atoms with Crippen molar-refractivity contribution in [2.45, 2.75) is 25.6 Å². The molecule has 1 atom stereocenters. The molecule has 0 bridgehead atoms. The average molecular weight is 552 g/mol. The Kier molecular flexibility index (Phi) is 6.98. The van der Waals surface area contributed by atoms with E-state index in [0.29, 0.717) is 41.3 Å². The number of carboxylic acids is 2. The molecule has 202 valence electrons. The SMILES string of the molecule is COc1ccc(CN2CCc3c(sc(NC(=O)C(=O)O)c3C(=O)O)C2CN2Cc3cccc(O)c3C2=O)cc1. The predicted molar refractivity (Wildman–Crippen MR) is 140 cm³/mol. The summed E-state index contributed by atoms with van der Waals surface area (Å²) in [5.74, 6) is -4.04. The zero-order valence-electron chi connectivity index (χ0n) is 20.8. The Morgan fingerprint density at radius 1 is 1.13 bits per heavy atom. The number of phenols is 1. The second kappa shape index (κ2) is 10.4. The van der Waals surface area contributed by atoms with Crippen molar-refractivity contribution in [2.75, 3.05) is 25.5 Å². The molecule has 0 spiro atoms. The second-order valence-electron chi connectivity index (χ2n) is 9.29. The number of carbonyl (C=O) groups is 4. The van der Waals surface area contributed by atoms with E-state index in [0.717, 1.165) is 16.9 Å². The number of anilines is 1. The van der Waals surface area contributed by atoms with Gasteiger partial charge in [-0.05, 0) is 41.3 Å². The van der Waals surface area contributed by atoms with Crippen molar-refractivity contribution in [2.24, 2.45) is 0 Å². The van der Waals surface area contributed by atoms with Crippen molar-refractivity contribution in [3.8, 4) is 11.5 Å². The van der Waals surface area contributed by atoms with Gasteiger partial charge in [-0.15, -0.1) is 11.3 Å². The smallest absolute Gasteiger partial charge is 0.394 e. The van der Waals surface area contributed by atoms with E-state index < -0.39 is 23.9 Å². The van der Waals surface area contributed by atoms with Crippen molar-refractivity contribution in [1.29, 1.82) is 0 Å². The van der Waals surface area contributed by atoms with E-state index >= 15 is 0 Å². The molecule has 1 unspecified atom stereocenters. The molecule has 2 aliphatic rings. The van der Waals surface area contributed by atoms with Crippen LogP contribution in [0, 0.1) is 0 Å². The monoisotopic (exact) mass is 551 g/mol. The first kappa shape index (κ1) is 26.2. The summed E-state index contributed by atoms with van der Waals surface area (Å²) in [4.78, 5) is 52.9. The fraction of sp³-hybridized carbons (Fsp3) is 0.259. The third kappa shape index (κ3) is 4.91. The summed E-state index contributed by atoms with van der Waals surface area (Å²) in [6.07, 6.45) is 0.359. The third-order valence-electron chi connectivity index (χ3n) is 6.99. The predicted octanol–water partition coefficient (Wildman–Crippen LogP) is 2.94. The van der Waals surface area contributed by atoms with Gasteiger partial charge in [0.05, 0.1) is 24.3 Å². The first-order valence-electron chi connectivity index (χ1n) is 12.1. The molecule has 2 amide bonds. The normalized spacial score (nSPS) is 16.5. The number of fused-ring (bicyclic) bond motifs is 2. The maximum absolute atomic E-state index is 13.3. The van der Waals surface area contributed by atoms with Crippen LogP contribution >= 0.6 is 11.3 Å². The number of carboxylic acid groups (broad SMARTS) is 2. The largest absolute Gasteiger partial charge is 0.507 e. The number of nitrogens with zero attached hydrogens (tertiary/aromatic N) is 2. The van der Waals surface area contributed by atoms with E-state index in [1.807, 2.05) is 24.3 Å². The number of carbonyl (C=O) groups excluding carboxylic acids is 2. The minimum absolute atomic E-state index is 0.0510. The minimum atomic E-state index is -1.73. The number of thiophene rings is 1. The van der Waals surface area contributed by atoms with Gasteiger partial charge in [0.25, 0.3) is 5.91 Å². The van der Waals surface area contributed by atoms with E-state index in [4.69, 9.17) is 9.84 Å². The Labute approximate surface area is 226 Å². The molecule has 2 aromatic carbocycles. The molecule has 4 N–H and O–H groups in total. The van der Waals surface area contributed by atoms with Gasteiger partial charge in [0.2, 0.25) is 0 Å². The summed E-state index contributed by atoms with van der Waals surface area (Å²) in [6.45, 7) is 1.44. The summed E-state index contributed by atoms with van der Waals surface area (Å²) in [6, 6.07) is 12.0. The lowest BCUT2D eigenvalue weighted by Crippen LogP contribution is -2.41. The Morgan fingerprint density at radius 3 is 2.51 bits per heavy atom. The van der Waals surface area contributed by atoms with Gasteiger partial charge in [-0.25, -0.2) is 9.59 Å². The third-order valence-corrected chi connectivity index (χ3v) is 8.24. The Morgan fingerprint density at radius 2 is 1.87 bits per heavy atom. The van der Waals surface area contributed by atoms with Crippen molar-refractivity contribution in [3.05, 3.63) is 75.2 Å². The van der Waals surface area contributed by atoms with Crippen LogP contribution in [0.5, 0.6) is 11.5 Å². The van der Waals surface area contributed by atoms with Crippen LogP contribution in [0.4, 0.5) is 5.00 Å². The summed E-state index contributed by atoms with van der Waals surface area (Å²) in [7, 11) is 1.58. The van der Waals surface area contributed by atoms with Crippen LogP contribution in [0.15, 0.2) is 42.5 Å². The van der Waals surface area contributed by atoms with Gasteiger partial charge in [-0.3, -0.25) is 14.5 Å². The topological polar surface area (TPSA) is 157 Å². The number of ether oxygens (including phenoxy) is 1. The zero-order chi connectivity index (χ0) is 27.8. The Bertz CT molecular complexity index is 1480. The molecule has 0 saturated heterocycles. The number of benzene rings is 2. The molecule has 0 fully saturated rings. The molecule has 0 aliphatic carbocycles. The second-order valence-corrected chi connectivity index (χ2v) is 10.3. The summed E-state index contributed by atoms with van der Waals surface area (Å²) in [5.41, 5.74) is 2.31. The fourth-order valence-electron chi connectivity index (χ4n) is 5.16. The number of methoxy groups -OCH3 is 1. The van der Waals surface area contributed by atoms with E-state index in [1.165, 1.54) is 6.07 Å². The number of aromatic carboxylic acids is 1. The molecule has 0 radical (unpaired) electrons. The Hall–Kier alpha value is -4.42. The number of rotatable bonds is 7. The zero-order valence-corrected chi connectivity index (χ0v) is 21.7. The number of aromatic hydroxyl groups is 1. The summed E-state index contributed by atoms with van der Waals surface area (Å²) in [5, 5.41) is 31.5. The highest BCUT2D eigenvalue weighted by atomic mass is 32.1. The maximum Gasteiger partial charge on any atom is 0.394 e.